The summed E-state index contributed by atoms with van der Waals surface area (Å²) in [7, 11) is 0. The van der Waals surface area contributed by atoms with E-state index in [1.54, 1.807) is 11.3 Å². The van der Waals surface area contributed by atoms with Crippen molar-refractivity contribution in [2.45, 2.75) is 26.1 Å². The first-order valence-corrected chi connectivity index (χ1v) is 10.5. The molecule has 6 heteroatoms. The molecule has 0 unspecified atom stereocenters. The Morgan fingerprint density at radius 3 is 2.76 bits per heavy atom. The van der Waals surface area contributed by atoms with Gasteiger partial charge in [0.25, 0.3) is 0 Å². The first-order chi connectivity index (χ1) is 14.2. The molecule has 3 aromatic rings. The Balaban J connectivity index is 1.40. The fourth-order valence-electron chi connectivity index (χ4n) is 3.36. The Kier molecular flexibility index (Phi) is 6.34. The van der Waals surface area contributed by atoms with Gasteiger partial charge in [0, 0.05) is 24.5 Å². The van der Waals surface area contributed by atoms with Crippen molar-refractivity contribution in [1.29, 1.82) is 0 Å². The van der Waals surface area contributed by atoms with Crippen LogP contribution in [0.4, 0.5) is 0 Å². The van der Waals surface area contributed by atoms with Crippen molar-refractivity contribution in [1.82, 2.24) is 4.90 Å². The molecule has 29 heavy (non-hydrogen) atoms. The molecule has 0 saturated carbocycles. The number of thiophene rings is 1. The van der Waals surface area contributed by atoms with Crippen LogP contribution in [0.15, 0.2) is 60.0 Å². The van der Waals surface area contributed by atoms with E-state index in [4.69, 9.17) is 14.2 Å². The van der Waals surface area contributed by atoms with E-state index < -0.39 is 6.10 Å². The molecule has 0 radical (unpaired) electrons. The van der Waals surface area contributed by atoms with Gasteiger partial charge < -0.3 is 19.3 Å². The number of benzene rings is 2. The van der Waals surface area contributed by atoms with E-state index in [0.29, 0.717) is 13.1 Å². The number of hydrogen-bond donors (Lipinski definition) is 1. The monoisotopic (exact) mass is 411 g/mol. The molecule has 152 valence electrons. The topological polar surface area (TPSA) is 51.2 Å². The molecule has 1 aliphatic heterocycles. The Hall–Kier alpha value is -2.54. The molecule has 5 nitrogen and oxygen atoms in total. The van der Waals surface area contributed by atoms with Gasteiger partial charge in [-0.25, -0.2) is 0 Å². The van der Waals surface area contributed by atoms with E-state index in [2.05, 4.69) is 22.4 Å². The standard InChI is InChI=1S/C23H25NO4S/c1-17-5-2-3-7-21(17)26-15-19(25)13-24(14-20-6-4-10-29-20)12-18-8-9-22-23(11-18)28-16-27-22/h2-11,19,25H,12-16H2,1H3/t19-/m0/s1. The molecule has 0 aliphatic carbocycles. The van der Waals surface area contributed by atoms with E-state index in [1.165, 1.54) is 4.88 Å². The van der Waals surface area contributed by atoms with Crippen molar-refractivity contribution >= 4 is 11.3 Å². The highest BCUT2D eigenvalue weighted by atomic mass is 32.1. The number of ether oxygens (including phenoxy) is 3. The maximum atomic E-state index is 10.6. The molecule has 1 N–H and O–H groups in total. The second-order valence-corrected chi connectivity index (χ2v) is 8.20. The second kappa shape index (κ2) is 9.31. The Morgan fingerprint density at radius 2 is 1.93 bits per heavy atom. The first kappa shape index (κ1) is 19.8. The zero-order valence-corrected chi connectivity index (χ0v) is 17.2. The molecule has 0 saturated heterocycles. The third-order valence-electron chi connectivity index (χ3n) is 4.80. The molecule has 4 rings (SSSR count). The van der Waals surface area contributed by atoms with Gasteiger partial charge in [-0.1, -0.05) is 30.3 Å². The van der Waals surface area contributed by atoms with Crippen LogP contribution in [0.25, 0.3) is 0 Å². The lowest BCUT2D eigenvalue weighted by molar-refractivity contribution is 0.0629. The van der Waals surface area contributed by atoms with Crippen molar-refractivity contribution < 1.29 is 19.3 Å². The number of rotatable bonds is 9. The predicted molar refractivity (Wildman–Crippen MR) is 114 cm³/mol. The van der Waals surface area contributed by atoms with Gasteiger partial charge in [-0.2, -0.15) is 0 Å². The van der Waals surface area contributed by atoms with Crippen molar-refractivity contribution in [3.63, 3.8) is 0 Å². The molecular formula is C23H25NO4S. The summed E-state index contributed by atoms with van der Waals surface area (Å²) in [6.07, 6.45) is -0.594. The number of nitrogens with zero attached hydrogens (tertiary/aromatic N) is 1. The van der Waals surface area contributed by atoms with Crippen LogP contribution in [-0.4, -0.2) is 36.1 Å². The maximum Gasteiger partial charge on any atom is 0.231 e. The number of hydrogen-bond acceptors (Lipinski definition) is 6. The Bertz CT molecular complexity index is 928. The summed E-state index contributed by atoms with van der Waals surface area (Å²) in [6.45, 7) is 4.52. The lowest BCUT2D eigenvalue weighted by Gasteiger charge is -2.25. The summed E-state index contributed by atoms with van der Waals surface area (Å²) in [4.78, 5) is 3.49. The van der Waals surface area contributed by atoms with Gasteiger partial charge >= 0.3 is 0 Å². The van der Waals surface area contributed by atoms with E-state index in [1.807, 2.05) is 49.4 Å². The molecule has 1 atom stereocenters. The second-order valence-electron chi connectivity index (χ2n) is 7.17. The summed E-state index contributed by atoms with van der Waals surface area (Å²) in [5.41, 5.74) is 2.19. The van der Waals surface area contributed by atoms with Crippen molar-refractivity contribution in [2.75, 3.05) is 19.9 Å². The van der Waals surface area contributed by atoms with Crippen LogP contribution in [-0.2, 0) is 13.1 Å². The molecule has 0 fully saturated rings. The van der Waals surface area contributed by atoms with Gasteiger partial charge in [0.05, 0.1) is 0 Å². The third-order valence-corrected chi connectivity index (χ3v) is 5.66. The van der Waals surface area contributed by atoms with Crippen LogP contribution >= 0.6 is 11.3 Å². The van der Waals surface area contributed by atoms with Crippen LogP contribution < -0.4 is 14.2 Å². The number of aliphatic hydroxyl groups excluding tert-OH is 1. The molecule has 1 aliphatic rings. The quantitative estimate of drug-likeness (QED) is 0.571. The molecule has 0 amide bonds. The van der Waals surface area contributed by atoms with E-state index in [9.17, 15) is 5.11 Å². The molecule has 2 heterocycles. The SMILES string of the molecule is Cc1ccccc1OC[C@@H](O)CN(Cc1ccc2c(c1)OCO2)Cc1cccs1. The van der Waals surface area contributed by atoms with Crippen LogP contribution in [0.1, 0.15) is 16.0 Å². The molecule has 0 spiro atoms. The summed E-state index contributed by atoms with van der Waals surface area (Å²) >= 11 is 1.72. The van der Waals surface area contributed by atoms with E-state index in [-0.39, 0.29) is 13.4 Å². The fourth-order valence-corrected chi connectivity index (χ4v) is 4.11. The Labute approximate surface area is 175 Å². The molecular weight excluding hydrogens is 386 g/mol. The summed E-state index contributed by atoms with van der Waals surface area (Å²) in [5, 5.41) is 12.7. The number of fused-ring (bicyclic) bond motifs is 1. The fraction of sp³-hybridized carbons (Fsp3) is 0.304. The Morgan fingerprint density at radius 1 is 1.07 bits per heavy atom. The van der Waals surface area contributed by atoms with Crippen LogP contribution in [0.2, 0.25) is 0 Å². The van der Waals surface area contributed by atoms with Crippen molar-refractivity contribution in [3.05, 3.63) is 76.0 Å². The van der Waals surface area contributed by atoms with E-state index >= 15 is 0 Å². The minimum atomic E-state index is -0.594. The van der Waals surface area contributed by atoms with Crippen molar-refractivity contribution in [3.8, 4) is 17.2 Å². The predicted octanol–water partition coefficient (Wildman–Crippen LogP) is 4.23. The van der Waals surface area contributed by atoms with Gasteiger partial charge in [-0.3, -0.25) is 4.90 Å². The molecule has 2 aromatic carbocycles. The number of aliphatic hydroxyl groups is 1. The van der Waals surface area contributed by atoms with Gasteiger partial charge in [-0.05, 0) is 47.7 Å². The summed E-state index contributed by atoms with van der Waals surface area (Å²) in [5.74, 6) is 2.37. The highest BCUT2D eigenvalue weighted by Gasteiger charge is 2.18. The molecule has 1 aromatic heterocycles. The number of para-hydroxylation sites is 1. The third kappa shape index (κ3) is 5.29. The minimum absolute atomic E-state index is 0.257. The van der Waals surface area contributed by atoms with E-state index in [0.717, 1.165) is 34.9 Å². The molecule has 0 bridgehead atoms. The zero-order valence-electron chi connectivity index (χ0n) is 16.4. The lowest BCUT2D eigenvalue weighted by Crippen LogP contribution is -2.35. The average Bonchev–Trinajstić information content (AvgIpc) is 3.38. The number of aryl methyl sites for hydroxylation is 1. The highest BCUT2D eigenvalue weighted by molar-refractivity contribution is 7.09. The smallest absolute Gasteiger partial charge is 0.231 e. The normalized spacial score (nSPS) is 13.6. The van der Waals surface area contributed by atoms with Gasteiger partial charge in [0.2, 0.25) is 6.79 Å². The average molecular weight is 412 g/mol. The maximum absolute atomic E-state index is 10.6. The van der Waals surface area contributed by atoms with Crippen LogP contribution in [0, 0.1) is 6.92 Å². The first-order valence-electron chi connectivity index (χ1n) is 9.67. The zero-order chi connectivity index (χ0) is 20.1. The highest BCUT2D eigenvalue weighted by Crippen LogP contribution is 2.33. The summed E-state index contributed by atoms with van der Waals surface area (Å²) < 4.78 is 16.7. The van der Waals surface area contributed by atoms with Gasteiger partial charge in [-0.15, -0.1) is 11.3 Å². The van der Waals surface area contributed by atoms with Crippen LogP contribution in [0.3, 0.4) is 0 Å². The van der Waals surface area contributed by atoms with Gasteiger partial charge in [0.15, 0.2) is 11.5 Å². The minimum Gasteiger partial charge on any atom is -0.491 e. The van der Waals surface area contributed by atoms with Crippen LogP contribution in [0.5, 0.6) is 17.2 Å². The largest absolute Gasteiger partial charge is 0.491 e. The lowest BCUT2D eigenvalue weighted by atomic mass is 10.1. The van der Waals surface area contributed by atoms with Gasteiger partial charge in [0.1, 0.15) is 18.5 Å². The van der Waals surface area contributed by atoms with Crippen molar-refractivity contribution in [2.24, 2.45) is 0 Å². The summed E-state index contributed by atoms with van der Waals surface area (Å²) in [6, 6.07) is 18.0.